The summed E-state index contributed by atoms with van der Waals surface area (Å²) in [5.74, 6) is 0.989. The Bertz CT molecular complexity index is 301. The third kappa shape index (κ3) is 4.03. The van der Waals surface area contributed by atoms with Crippen LogP contribution >= 0.6 is 0 Å². The van der Waals surface area contributed by atoms with E-state index < -0.39 is 9.84 Å². The molecule has 0 amide bonds. The zero-order chi connectivity index (χ0) is 12.2. The van der Waals surface area contributed by atoms with Gasteiger partial charge in [0, 0.05) is 13.1 Å². The number of rotatable bonds is 6. The Morgan fingerprint density at radius 1 is 1.44 bits per heavy atom. The van der Waals surface area contributed by atoms with Crippen LogP contribution < -0.4 is 5.32 Å². The second kappa shape index (κ2) is 5.98. The molecule has 0 aromatic heterocycles. The summed E-state index contributed by atoms with van der Waals surface area (Å²) in [6, 6.07) is 0. The van der Waals surface area contributed by atoms with Crippen LogP contribution in [0.5, 0.6) is 0 Å². The Morgan fingerprint density at radius 2 is 2.12 bits per heavy atom. The zero-order valence-corrected chi connectivity index (χ0v) is 11.4. The average Bonchev–Trinajstić information content (AvgIpc) is 2.63. The van der Waals surface area contributed by atoms with Crippen LogP contribution in [-0.2, 0) is 9.84 Å². The van der Waals surface area contributed by atoms with Gasteiger partial charge in [0.2, 0.25) is 0 Å². The van der Waals surface area contributed by atoms with Crippen LogP contribution in [0.25, 0.3) is 0 Å². The monoisotopic (exact) mass is 248 g/mol. The maximum atomic E-state index is 11.7. The van der Waals surface area contributed by atoms with Crippen LogP contribution in [0.1, 0.15) is 20.3 Å². The normalized spacial score (nSPS) is 23.1. The third-order valence-electron chi connectivity index (χ3n) is 3.27. The van der Waals surface area contributed by atoms with Gasteiger partial charge in [-0.1, -0.05) is 0 Å². The van der Waals surface area contributed by atoms with Crippen molar-refractivity contribution in [3.05, 3.63) is 0 Å². The average molecular weight is 248 g/mol. The van der Waals surface area contributed by atoms with Crippen molar-refractivity contribution < 1.29 is 8.42 Å². The van der Waals surface area contributed by atoms with Crippen molar-refractivity contribution in [1.29, 1.82) is 0 Å². The number of likely N-dealkylation sites (tertiary alicyclic amines) is 1. The molecule has 4 nitrogen and oxygen atoms in total. The number of hydrogen-bond donors (Lipinski definition) is 1. The summed E-state index contributed by atoms with van der Waals surface area (Å²) in [5, 5.41) is 2.93. The lowest BCUT2D eigenvalue weighted by molar-refractivity contribution is 0.340. The molecule has 1 fully saturated rings. The number of nitrogens with one attached hydrogen (secondary N) is 1. The van der Waals surface area contributed by atoms with E-state index >= 15 is 0 Å². The second-order valence-electron chi connectivity index (χ2n) is 4.93. The van der Waals surface area contributed by atoms with Gasteiger partial charge in [0.25, 0.3) is 0 Å². The van der Waals surface area contributed by atoms with E-state index in [1.165, 1.54) is 6.42 Å². The lowest BCUT2D eigenvalue weighted by Crippen LogP contribution is -2.31. The van der Waals surface area contributed by atoms with Crippen molar-refractivity contribution in [3.63, 3.8) is 0 Å². The van der Waals surface area contributed by atoms with E-state index in [1.54, 1.807) is 13.8 Å². The van der Waals surface area contributed by atoms with E-state index in [2.05, 4.69) is 10.2 Å². The van der Waals surface area contributed by atoms with Gasteiger partial charge in [-0.05, 0) is 46.3 Å². The van der Waals surface area contributed by atoms with Gasteiger partial charge in [0.1, 0.15) is 0 Å². The predicted molar refractivity (Wildman–Crippen MR) is 67.4 cm³/mol. The maximum Gasteiger partial charge on any atom is 0.153 e. The molecule has 1 saturated heterocycles. The molecule has 96 valence electrons. The van der Waals surface area contributed by atoms with Gasteiger partial charge in [-0.15, -0.1) is 0 Å². The molecule has 1 unspecified atom stereocenters. The molecule has 0 aliphatic carbocycles. The Kier molecular flexibility index (Phi) is 5.21. The fraction of sp³-hybridized carbons (Fsp3) is 1.00. The molecule has 0 bridgehead atoms. The van der Waals surface area contributed by atoms with Gasteiger partial charge in [-0.25, -0.2) is 8.42 Å². The van der Waals surface area contributed by atoms with Crippen molar-refractivity contribution in [2.24, 2.45) is 5.92 Å². The zero-order valence-electron chi connectivity index (χ0n) is 10.6. The summed E-state index contributed by atoms with van der Waals surface area (Å²) >= 11 is 0. The first-order chi connectivity index (χ1) is 7.45. The number of nitrogens with zero attached hydrogens (tertiary/aromatic N) is 1. The molecule has 1 atom stereocenters. The van der Waals surface area contributed by atoms with Crippen molar-refractivity contribution >= 4 is 9.84 Å². The molecule has 16 heavy (non-hydrogen) atoms. The van der Waals surface area contributed by atoms with Crippen molar-refractivity contribution in [1.82, 2.24) is 10.2 Å². The molecule has 1 aliphatic rings. The summed E-state index contributed by atoms with van der Waals surface area (Å²) in [6.45, 7) is 7.31. The minimum absolute atomic E-state index is 0.247. The first kappa shape index (κ1) is 13.9. The molecule has 1 N–H and O–H groups in total. The molecule has 1 aliphatic heterocycles. The highest BCUT2D eigenvalue weighted by Crippen LogP contribution is 2.15. The van der Waals surface area contributed by atoms with Crippen LogP contribution in [0.15, 0.2) is 0 Å². The van der Waals surface area contributed by atoms with Gasteiger partial charge in [-0.2, -0.15) is 0 Å². The van der Waals surface area contributed by atoms with E-state index in [0.29, 0.717) is 18.2 Å². The van der Waals surface area contributed by atoms with Crippen LogP contribution in [0.2, 0.25) is 0 Å². The molecule has 0 aromatic rings. The van der Waals surface area contributed by atoms with Crippen LogP contribution in [0.3, 0.4) is 0 Å². The lowest BCUT2D eigenvalue weighted by Gasteiger charge is -2.16. The minimum Gasteiger partial charge on any atom is -0.319 e. The fourth-order valence-corrected chi connectivity index (χ4v) is 3.05. The second-order valence-corrected chi connectivity index (χ2v) is 7.61. The smallest absolute Gasteiger partial charge is 0.153 e. The van der Waals surface area contributed by atoms with Crippen LogP contribution in [0.4, 0.5) is 0 Å². The number of hydrogen-bond acceptors (Lipinski definition) is 4. The Morgan fingerprint density at radius 3 is 2.69 bits per heavy atom. The molecule has 5 heteroatoms. The largest absolute Gasteiger partial charge is 0.319 e. The van der Waals surface area contributed by atoms with Gasteiger partial charge in [0.05, 0.1) is 11.0 Å². The van der Waals surface area contributed by atoms with Crippen molar-refractivity contribution in [2.45, 2.75) is 25.5 Å². The fourth-order valence-electron chi connectivity index (χ4n) is 2.06. The topological polar surface area (TPSA) is 49.4 Å². The highest BCUT2D eigenvalue weighted by atomic mass is 32.2. The van der Waals surface area contributed by atoms with Crippen molar-refractivity contribution in [3.8, 4) is 0 Å². The van der Waals surface area contributed by atoms with Crippen molar-refractivity contribution in [2.75, 3.05) is 39.0 Å². The summed E-state index contributed by atoms with van der Waals surface area (Å²) in [7, 11) is -0.909. The highest BCUT2D eigenvalue weighted by Gasteiger charge is 2.24. The van der Waals surface area contributed by atoms with E-state index in [4.69, 9.17) is 0 Å². The molecule has 0 aromatic carbocycles. The lowest BCUT2D eigenvalue weighted by atomic mass is 10.1. The molecule has 0 saturated carbocycles. The Labute approximate surface area is 99.3 Å². The highest BCUT2D eigenvalue weighted by molar-refractivity contribution is 7.92. The summed E-state index contributed by atoms with van der Waals surface area (Å²) in [5.41, 5.74) is 0. The number of sulfone groups is 1. The molecular weight excluding hydrogens is 224 g/mol. The first-order valence-electron chi connectivity index (χ1n) is 6.04. The maximum absolute atomic E-state index is 11.7. The quantitative estimate of drug-likeness (QED) is 0.737. The van der Waals surface area contributed by atoms with E-state index in [-0.39, 0.29) is 5.25 Å². The van der Waals surface area contributed by atoms with Gasteiger partial charge >= 0.3 is 0 Å². The van der Waals surface area contributed by atoms with Crippen LogP contribution in [0, 0.1) is 5.92 Å². The third-order valence-corrected chi connectivity index (χ3v) is 5.46. The SMILES string of the molecule is CNCC1CCN(CCS(=O)(=O)C(C)C)C1. The van der Waals surface area contributed by atoms with E-state index in [1.807, 2.05) is 7.05 Å². The Balaban J connectivity index is 2.30. The van der Waals surface area contributed by atoms with Gasteiger partial charge < -0.3 is 10.2 Å². The molecule has 0 spiro atoms. The molecular formula is C11H24N2O2S. The molecule has 1 rings (SSSR count). The van der Waals surface area contributed by atoms with E-state index in [0.717, 1.165) is 19.6 Å². The molecule has 1 heterocycles. The predicted octanol–water partition coefficient (Wildman–Crippen LogP) is 0.351. The summed E-state index contributed by atoms with van der Waals surface area (Å²) in [4.78, 5) is 2.27. The van der Waals surface area contributed by atoms with Gasteiger partial charge in [0.15, 0.2) is 9.84 Å². The first-order valence-corrected chi connectivity index (χ1v) is 7.75. The summed E-state index contributed by atoms with van der Waals surface area (Å²) in [6.07, 6.45) is 1.18. The summed E-state index contributed by atoms with van der Waals surface area (Å²) < 4.78 is 23.3. The standard InChI is InChI=1S/C11H24N2O2S/c1-10(2)16(14,15)7-6-13-5-4-11(9-13)8-12-3/h10-12H,4-9H2,1-3H3. The van der Waals surface area contributed by atoms with E-state index in [9.17, 15) is 8.42 Å². The Hall–Kier alpha value is -0.130. The van der Waals surface area contributed by atoms with Crippen LogP contribution in [-0.4, -0.2) is 57.5 Å². The minimum atomic E-state index is -2.87. The van der Waals surface area contributed by atoms with Gasteiger partial charge in [-0.3, -0.25) is 0 Å². The molecule has 0 radical (unpaired) electrons.